The predicted molar refractivity (Wildman–Crippen MR) is 332 cm³/mol. The van der Waals surface area contributed by atoms with Gasteiger partial charge in [0.05, 0.1) is 13.2 Å². The Kier molecular flexibility index (Phi) is 71.4. The van der Waals surface area contributed by atoms with E-state index in [0.29, 0.717) is 5.82 Å². The van der Waals surface area contributed by atoms with E-state index in [2.05, 4.69) is 85.2 Å². The normalized spacial score (nSPS) is 10.6. The molecule has 492 valence electrons. The van der Waals surface area contributed by atoms with Crippen LogP contribution < -0.4 is 53.5 Å². The minimum Gasteiger partial charge on any atom is -0.871 e. The molecular formula is C57H87BrF8ILiNaO15P3. The molecule has 0 aliphatic heterocycles. The van der Waals surface area contributed by atoms with Gasteiger partial charge in [0.15, 0.2) is 0 Å². The summed E-state index contributed by atoms with van der Waals surface area (Å²) >= 11 is 4.12. The molecule has 4 aromatic carbocycles. The fourth-order valence-electron chi connectivity index (χ4n) is 4.17. The molecule has 0 fully saturated rings. The number of benzene rings is 4. The number of Topliss-reactive ketones (excluding diaryl/α,β-unsaturated/α-hetero) is 1. The monoisotopic (exact) mass is 1490 g/mol. The molecule has 0 saturated heterocycles. The molecule has 0 unspecified atom stereocenters. The van der Waals surface area contributed by atoms with Gasteiger partial charge >= 0.3 is 99.8 Å². The first kappa shape index (κ1) is 104. The fraction of sp³-hybridized carbons (Fsp3) is 0.474. The number of rotatable bonds is 19. The van der Waals surface area contributed by atoms with E-state index in [4.69, 9.17) is 0 Å². The summed E-state index contributed by atoms with van der Waals surface area (Å²) in [6.45, 7) is 26.0. The standard InChI is InChI=1S/2C11H13F2O4P.C10H10F2O2.C6H5I.C4H5BrF2O2.C4H9.C3H9O3P.4C2H6.Li.Na/c2*1-16-18(15,17-2)8-10(14)11(12,13)9-6-4-3-5-7-9;1-2-14-9(13)10(11,12)8-6-4-3-5-7-8;7-6-4-2-1-3-5-6;1-2-9-3(8)4(5,6)7;1-3-4-2;1-5-7(3,4)6-2;4*1-2;;/h3-7H,8H2,1-2H3;3-8,14H,1-2H3;3-7H,2H2,1H3;1-5H;2H2,1H3;1,3-4H2,2H3;1-3H3;4*1-2H3;;/q;;;;;-1;;;;;;2*+1/p-1/b;10-8-;;;;;;;;;;;. The van der Waals surface area contributed by atoms with Gasteiger partial charge in [-0.1, -0.05) is 178 Å². The number of carbonyl (C=O) groups is 3. The van der Waals surface area contributed by atoms with Gasteiger partial charge < -0.3 is 48.6 Å². The van der Waals surface area contributed by atoms with Crippen molar-refractivity contribution in [3.63, 3.8) is 0 Å². The van der Waals surface area contributed by atoms with Crippen molar-refractivity contribution in [1.29, 1.82) is 0 Å². The molecule has 4 aromatic rings. The van der Waals surface area contributed by atoms with E-state index in [9.17, 15) is 68.3 Å². The first-order valence-corrected chi connectivity index (χ1v) is 33.2. The molecule has 0 aliphatic rings. The summed E-state index contributed by atoms with van der Waals surface area (Å²) in [5.41, 5.74) is -1.28. The number of alkyl halides is 9. The summed E-state index contributed by atoms with van der Waals surface area (Å²) in [5, 5.41) is 11.5. The molecular weight excluding hydrogens is 1410 g/mol. The zero-order valence-corrected chi connectivity index (χ0v) is 62.0. The third kappa shape index (κ3) is 49.1. The molecule has 4 rings (SSSR count). The van der Waals surface area contributed by atoms with Crippen molar-refractivity contribution in [2.24, 2.45) is 0 Å². The van der Waals surface area contributed by atoms with Gasteiger partial charge in [0, 0.05) is 91.3 Å². The summed E-state index contributed by atoms with van der Waals surface area (Å²) in [7, 11) is -3.55. The molecule has 15 nitrogen and oxygen atoms in total. The quantitative estimate of drug-likeness (QED) is 0.0125. The Balaban J connectivity index is -0.000000118. The van der Waals surface area contributed by atoms with Crippen molar-refractivity contribution in [3.05, 3.63) is 160 Å². The largest absolute Gasteiger partial charge is 1.00 e. The molecule has 87 heavy (non-hydrogen) atoms. The van der Waals surface area contributed by atoms with Crippen LogP contribution in [0.2, 0.25) is 0 Å². The maximum Gasteiger partial charge on any atom is 1.00 e. The van der Waals surface area contributed by atoms with Crippen molar-refractivity contribution in [2.75, 3.05) is 68.7 Å². The number of unbranched alkanes of at least 4 members (excludes halogenated alkanes) is 1. The first-order chi connectivity index (χ1) is 39.7. The Morgan fingerprint density at radius 1 is 0.540 bits per heavy atom. The van der Waals surface area contributed by atoms with E-state index >= 15 is 0 Å². The van der Waals surface area contributed by atoms with Crippen LogP contribution in [0.15, 0.2) is 133 Å². The third-order valence-corrected chi connectivity index (χ3v) is 14.3. The summed E-state index contributed by atoms with van der Waals surface area (Å²) < 4.78 is 175. The second kappa shape index (κ2) is 60.0. The topological polar surface area (TPSA) is 199 Å². The number of ketones is 1. The van der Waals surface area contributed by atoms with Crippen molar-refractivity contribution >= 4 is 79.0 Å². The van der Waals surface area contributed by atoms with Gasteiger partial charge in [0.1, 0.15) is 6.16 Å². The zero-order valence-electron chi connectivity index (χ0n) is 53.6. The van der Waals surface area contributed by atoms with Crippen LogP contribution in [-0.2, 0) is 82.5 Å². The average molecular weight is 1490 g/mol. The molecule has 0 atom stereocenters. The fourth-order valence-corrected chi connectivity index (χ4v) is 6.62. The summed E-state index contributed by atoms with van der Waals surface area (Å²) in [4.78, 5) is 28.9. The zero-order chi connectivity index (χ0) is 68.2. The number of esters is 2. The second-order valence-corrected chi connectivity index (χ2v) is 22.9. The van der Waals surface area contributed by atoms with Crippen LogP contribution in [0.5, 0.6) is 0 Å². The van der Waals surface area contributed by atoms with Gasteiger partial charge in [-0.2, -0.15) is 41.5 Å². The van der Waals surface area contributed by atoms with Gasteiger partial charge in [-0.3, -0.25) is 18.5 Å². The van der Waals surface area contributed by atoms with Crippen LogP contribution in [0.25, 0.3) is 0 Å². The van der Waals surface area contributed by atoms with Crippen molar-refractivity contribution < 1.29 is 153 Å². The van der Waals surface area contributed by atoms with E-state index in [1.54, 1.807) is 18.2 Å². The van der Waals surface area contributed by atoms with E-state index in [-0.39, 0.29) is 67.2 Å². The maximum absolute atomic E-state index is 13.8. The van der Waals surface area contributed by atoms with Crippen molar-refractivity contribution in [2.45, 2.75) is 112 Å². The SMILES string of the molecule is CC.CC.CC.CC.CCOC(=O)C(F)(F)Br.CCOC(=O)C(F)(F)c1ccccc1.COP(=O)(/C=C(\[O-])C(F)(F)c1ccccc1)OC.COP(=O)(CC(=O)C(F)(F)c1ccccc1)OC.COP(C)(=O)OC.Ic1ccccc1.[CH2-]CCC.[Li+].[Na+]. The van der Waals surface area contributed by atoms with Crippen LogP contribution in [0.3, 0.4) is 0 Å². The van der Waals surface area contributed by atoms with Gasteiger partial charge in [0.25, 0.3) is 5.92 Å². The molecule has 0 bridgehead atoms. The van der Waals surface area contributed by atoms with Crippen LogP contribution in [0.4, 0.5) is 35.1 Å². The smallest absolute Gasteiger partial charge is 0.871 e. The Bertz CT molecular complexity index is 2430. The van der Waals surface area contributed by atoms with Crippen molar-refractivity contribution in [3.8, 4) is 0 Å². The number of hydrogen-bond acceptors (Lipinski definition) is 15. The second-order valence-electron chi connectivity index (χ2n) is 14.0. The molecule has 0 saturated carbocycles. The van der Waals surface area contributed by atoms with Gasteiger partial charge in [-0.05, 0) is 54.3 Å². The van der Waals surface area contributed by atoms with Crippen LogP contribution in [0.1, 0.15) is 106 Å². The van der Waals surface area contributed by atoms with Crippen LogP contribution in [-0.4, -0.2) is 91.3 Å². The van der Waals surface area contributed by atoms with E-state index in [0.717, 1.165) is 59.1 Å². The summed E-state index contributed by atoms with van der Waals surface area (Å²) in [6.07, 6.45) is 1.31. The summed E-state index contributed by atoms with van der Waals surface area (Å²) in [6, 6.07) is 30.2. The Labute approximate surface area is 568 Å². The summed E-state index contributed by atoms with van der Waals surface area (Å²) in [5.74, 6) is -16.9. The van der Waals surface area contributed by atoms with Crippen LogP contribution in [0, 0.1) is 10.5 Å². The molecule has 0 radical (unpaired) electrons. The number of ether oxygens (including phenoxy) is 2. The molecule has 0 N–H and O–H groups in total. The minimum atomic E-state index is -3.91. The number of carbonyl (C=O) groups excluding carboxylic acids is 3. The van der Waals surface area contributed by atoms with Gasteiger partial charge in [-0.15, -0.1) is 0 Å². The minimum absolute atomic E-state index is 0. The Morgan fingerprint density at radius 3 is 1.05 bits per heavy atom. The molecule has 0 aliphatic carbocycles. The number of halogens is 10. The Morgan fingerprint density at radius 2 is 0.828 bits per heavy atom. The maximum atomic E-state index is 13.8. The third-order valence-electron chi connectivity index (χ3n) is 8.54. The number of hydrogen-bond donors (Lipinski definition) is 0. The predicted octanol–water partition coefficient (Wildman–Crippen LogP) is 12.3. The number of allylic oxidation sites excluding steroid dienone is 1. The molecule has 0 spiro atoms. The van der Waals surface area contributed by atoms with E-state index in [1.807, 2.05) is 89.5 Å². The first-order valence-electron chi connectivity index (χ1n) is 26.0. The molecule has 0 amide bonds. The van der Waals surface area contributed by atoms with E-state index in [1.165, 1.54) is 93.3 Å². The van der Waals surface area contributed by atoms with Crippen molar-refractivity contribution in [1.82, 2.24) is 0 Å². The van der Waals surface area contributed by atoms with Gasteiger partial charge in [-0.25, -0.2) is 9.59 Å². The van der Waals surface area contributed by atoms with Gasteiger partial charge in [0.2, 0.25) is 5.78 Å². The molecule has 30 heteroatoms. The van der Waals surface area contributed by atoms with E-state index < -0.39 is 86.2 Å². The Hall–Kier alpha value is -2.27. The average Bonchev–Trinajstić information content (AvgIpc) is 3.44. The molecule has 0 aromatic heterocycles. The molecule has 0 heterocycles. The van der Waals surface area contributed by atoms with Crippen LogP contribution >= 0.6 is 61.3 Å².